The van der Waals surface area contributed by atoms with Gasteiger partial charge in [-0.2, -0.15) is 5.10 Å². The molecule has 0 bridgehead atoms. The van der Waals surface area contributed by atoms with Crippen LogP contribution in [-0.4, -0.2) is 14.8 Å². The Balaban J connectivity index is 0.000000606. The third kappa shape index (κ3) is 2.40. The lowest BCUT2D eigenvalue weighted by Crippen LogP contribution is -2.13. The number of nitrogens with zero attached hydrogens (tertiary/aromatic N) is 3. The van der Waals surface area contributed by atoms with Crippen molar-refractivity contribution in [2.24, 2.45) is 7.05 Å². The Hall–Kier alpha value is -1.38. The third-order valence-corrected chi connectivity index (χ3v) is 2.37. The van der Waals surface area contributed by atoms with Gasteiger partial charge in [-0.1, -0.05) is 34.6 Å². The molecule has 16 heavy (non-hydrogen) atoms. The molecule has 0 aliphatic heterocycles. The van der Waals surface area contributed by atoms with Gasteiger partial charge in [0.25, 0.3) is 0 Å². The molecule has 0 spiro atoms. The monoisotopic (exact) mass is 219 g/mol. The largest absolute Gasteiger partial charge is 0.266 e. The molecule has 0 fully saturated rings. The molecule has 0 amide bonds. The van der Waals surface area contributed by atoms with Crippen molar-refractivity contribution in [2.45, 2.75) is 40.0 Å². The summed E-state index contributed by atoms with van der Waals surface area (Å²) in [6.07, 6.45) is 1.81. The molecule has 2 heterocycles. The molecule has 0 N–H and O–H groups in total. The highest BCUT2D eigenvalue weighted by molar-refractivity contribution is 5.74. The lowest BCUT2D eigenvalue weighted by Gasteiger charge is -2.17. The predicted octanol–water partition coefficient (Wildman–Crippen LogP) is 3.29. The molecule has 0 saturated carbocycles. The molecular weight excluding hydrogens is 198 g/mol. The summed E-state index contributed by atoms with van der Waals surface area (Å²) < 4.78 is 1.84. The SMILES string of the molecule is CC.Cn1ncc2nc(C(C)(C)C)ccc21. The maximum absolute atomic E-state index is 4.58. The fourth-order valence-corrected chi connectivity index (χ4v) is 1.46. The number of fused-ring (bicyclic) bond motifs is 1. The number of aromatic nitrogens is 3. The number of rotatable bonds is 0. The van der Waals surface area contributed by atoms with E-state index in [9.17, 15) is 0 Å². The van der Waals surface area contributed by atoms with Crippen LogP contribution in [0.5, 0.6) is 0 Å². The molecule has 0 saturated heterocycles. The van der Waals surface area contributed by atoms with Crippen LogP contribution in [0.1, 0.15) is 40.3 Å². The molecule has 0 aliphatic rings. The molecule has 0 unspecified atom stereocenters. The van der Waals surface area contributed by atoms with E-state index in [0.29, 0.717) is 0 Å². The van der Waals surface area contributed by atoms with Crippen molar-refractivity contribution in [2.75, 3.05) is 0 Å². The highest BCUT2D eigenvalue weighted by Gasteiger charge is 2.16. The first-order chi connectivity index (χ1) is 7.48. The van der Waals surface area contributed by atoms with E-state index >= 15 is 0 Å². The van der Waals surface area contributed by atoms with E-state index in [2.05, 4.69) is 43.0 Å². The second-order valence-corrected chi connectivity index (χ2v) is 4.62. The molecule has 2 aromatic rings. The highest BCUT2D eigenvalue weighted by atomic mass is 15.3. The first-order valence-electron chi connectivity index (χ1n) is 5.78. The quantitative estimate of drug-likeness (QED) is 0.680. The molecule has 3 nitrogen and oxygen atoms in total. The van der Waals surface area contributed by atoms with Crippen molar-refractivity contribution >= 4 is 11.0 Å². The van der Waals surface area contributed by atoms with Gasteiger partial charge >= 0.3 is 0 Å². The van der Waals surface area contributed by atoms with E-state index in [1.54, 1.807) is 0 Å². The minimum absolute atomic E-state index is 0.101. The summed E-state index contributed by atoms with van der Waals surface area (Å²) >= 11 is 0. The van der Waals surface area contributed by atoms with Gasteiger partial charge in [-0.15, -0.1) is 0 Å². The van der Waals surface area contributed by atoms with Gasteiger partial charge in [0.2, 0.25) is 0 Å². The summed E-state index contributed by atoms with van der Waals surface area (Å²) in [4.78, 5) is 4.58. The summed E-state index contributed by atoms with van der Waals surface area (Å²) in [5, 5.41) is 4.17. The molecule has 2 rings (SSSR count). The summed E-state index contributed by atoms with van der Waals surface area (Å²) in [6, 6.07) is 4.15. The van der Waals surface area contributed by atoms with Crippen LogP contribution in [0, 0.1) is 0 Å². The van der Waals surface area contributed by atoms with Crippen LogP contribution < -0.4 is 0 Å². The topological polar surface area (TPSA) is 30.7 Å². The van der Waals surface area contributed by atoms with Crippen LogP contribution in [-0.2, 0) is 12.5 Å². The second kappa shape index (κ2) is 4.64. The maximum atomic E-state index is 4.58. The number of pyridine rings is 1. The fraction of sp³-hybridized carbons (Fsp3) is 0.538. The van der Waals surface area contributed by atoms with Crippen LogP contribution in [0.3, 0.4) is 0 Å². The number of hydrogen-bond acceptors (Lipinski definition) is 2. The molecule has 2 aromatic heterocycles. The minimum Gasteiger partial charge on any atom is -0.266 e. The van der Waals surface area contributed by atoms with Crippen LogP contribution in [0.2, 0.25) is 0 Å². The molecular formula is C13H21N3. The van der Waals surface area contributed by atoms with Gasteiger partial charge in [-0.25, -0.2) is 4.98 Å². The average Bonchev–Trinajstić information content (AvgIpc) is 2.62. The predicted molar refractivity (Wildman–Crippen MR) is 68.6 cm³/mol. The van der Waals surface area contributed by atoms with Crippen LogP contribution in [0.4, 0.5) is 0 Å². The van der Waals surface area contributed by atoms with Crippen molar-refractivity contribution in [3.63, 3.8) is 0 Å². The molecule has 0 aliphatic carbocycles. The Bertz CT molecular complexity index is 463. The molecule has 0 aromatic carbocycles. The van der Waals surface area contributed by atoms with Gasteiger partial charge in [-0.3, -0.25) is 4.68 Å². The lowest BCUT2D eigenvalue weighted by atomic mass is 9.91. The Morgan fingerprint density at radius 3 is 2.31 bits per heavy atom. The third-order valence-electron chi connectivity index (χ3n) is 2.37. The molecule has 0 atom stereocenters. The van der Waals surface area contributed by atoms with Gasteiger partial charge < -0.3 is 0 Å². The average molecular weight is 219 g/mol. The number of hydrogen-bond donors (Lipinski definition) is 0. The second-order valence-electron chi connectivity index (χ2n) is 4.62. The maximum Gasteiger partial charge on any atom is 0.109 e. The van der Waals surface area contributed by atoms with Crippen LogP contribution >= 0.6 is 0 Å². The summed E-state index contributed by atoms with van der Waals surface area (Å²) in [6.45, 7) is 10.5. The smallest absolute Gasteiger partial charge is 0.109 e. The van der Waals surface area contributed by atoms with Gasteiger partial charge in [0.15, 0.2) is 0 Å². The zero-order valence-corrected chi connectivity index (χ0v) is 11.1. The van der Waals surface area contributed by atoms with Gasteiger partial charge in [0.1, 0.15) is 5.52 Å². The first kappa shape index (κ1) is 12.7. The van der Waals surface area contributed by atoms with Crippen molar-refractivity contribution < 1.29 is 0 Å². The Morgan fingerprint density at radius 2 is 1.75 bits per heavy atom. The highest BCUT2D eigenvalue weighted by Crippen LogP contribution is 2.22. The summed E-state index contributed by atoms with van der Waals surface area (Å²) in [5.41, 5.74) is 3.26. The van der Waals surface area contributed by atoms with E-state index in [1.807, 2.05) is 31.8 Å². The molecule has 88 valence electrons. The van der Waals surface area contributed by atoms with E-state index < -0.39 is 0 Å². The van der Waals surface area contributed by atoms with Crippen LogP contribution in [0.25, 0.3) is 11.0 Å². The zero-order valence-electron chi connectivity index (χ0n) is 11.1. The normalized spacial score (nSPS) is 11.1. The van der Waals surface area contributed by atoms with Crippen molar-refractivity contribution in [1.82, 2.24) is 14.8 Å². The van der Waals surface area contributed by atoms with E-state index in [-0.39, 0.29) is 5.41 Å². The standard InChI is InChI=1S/C11H15N3.C2H6/c1-11(2,3)10-6-5-9-8(13-10)7-12-14(9)4;1-2/h5-7H,1-4H3;1-2H3. The summed E-state index contributed by atoms with van der Waals surface area (Å²) in [5.74, 6) is 0. The van der Waals surface area contributed by atoms with Crippen LogP contribution in [0.15, 0.2) is 18.3 Å². The van der Waals surface area contributed by atoms with Crippen molar-refractivity contribution in [3.8, 4) is 0 Å². The minimum atomic E-state index is 0.101. The van der Waals surface area contributed by atoms with E-state index in [4.69, 9.17) is 0 Å². The van der Waals surface area contributed by atoms with Crippen molar-refractivity contribution in [1.29, 1.82) is 0 Å². The fourth-order valence-electron chi connectivity index (χ4n) is 1.46. The van der Waals surface area contributed by atoms with Gasteiger partial charge in [-0.05, 0) is 12.1 Å². The number of aryl methyl sites for hydroxylation is 1. The Kier molecular flexibility index (Phi) is 3.68. The van der Waals surface area contributed by atoms with Gasteiger partial charge in [0.05, 0.1) is 11.7 Å². The Labute approximate surface area is 97.5 Å². The van der Waals surface area contributed by atoms with E-state index in [0.717, 1.165) is 16.7 Å². The van der Waals surface area contributed by atoms with Crippen molar-refractivity contribution in [3.05, 3.63) is 24.0 Å². The van der Waals surface area contributed by atoms with E-state index in [1.165, 1.54) is 0 Å². The Morgan fingerprint density at radius 1 is 1.12 bits per heavy atom. The first-order valence-corrected chi connectivity index (χ1v) is 5.78. The van der Waals surface area contributed by atoms with Gasteiger partial charge in [0, 0.05) is 18.2 Å². The lowest BCUT2D eigenvalue weighted by molar-refractivity contribution is 0.571. The molecule has 0 radical (unpaired) electrons. The zero-order chi connectivity index (χ0) is 12.3. The molecule has 3 heteroatoms. The summed E-state index contributed by atoms with van der Waals surface area (Å²) in [7, 11) is 1.93.